The fourth-order valence-electron chi connectivity index (χ4n) is 0.925. The molecule has 0 unspecified atom stereocenters. The van der Waals surface area contributed by atoms with Gasteiger partial charge in [-0.2, -0.15) is 0 Å². The molecule has 1 aromatic rings. The first-order valence-corrected chi connectivity index (χ1v) is 4.83. The molecule has 0 saturated carbocycles. The highest BCUT2D eigenvalue weighted by atomic mass is 79.9. The molecule has 0 fully saturated rings. The van der Waals surface area contributed by atoms with E-state index in [1.165, 1.54) is 0 Å². The van der Waals surface area contributed by atoms with E-state index in [-0.39, 0.29) is 11.7 Å². The van der Waals surface area contributed by atoms with Crippen LogP contribution in [0.5, 0.6) is 0 Å². The number of carbonyl (C=O) groups is 1. The molecule has 1 rings (SSSR count). The Kier molecular flexibility index (Phi) is 3.29. The van der Waals surface area contributed by atoms with Gasteiger partial charge in [0.15, 0.2) is 5.78 Å². The Labute approximate surface area is 84.9 Å². The van der Waals surface area contributed by atoms with E-state index in [1.54, 1.807) is 0 Å². The minimum atomic E-state index is -0.0489. The lowest BCUT2D eigenvalue weighted by atomic mass is 10.1. The lowest BCUT2D eigenvalue weighted by Gasteiger charge is -2.01. The van der Waals surface area contributed by atoms with Gasteiger partial charge in [0.1, 0.15) is 0 Å². The summed E-state index contributed by atoms with van der Waals surface area (Å²) in [5.41, 5.74) is 1.72. The molecule has 0 atom stereocenters. The summed E-state index contributed by atoms with van der Waals surface area (Å²) in [6.45, 7) is 1.94. The molecule has 12 heavy (non-hydrogen) atoms. The number of hydrogen-bond donors (Lipinski definition) is 0. The van der Waals surface area contributed by atoms with Crippen molar-refractivity contribution in [2.24, 2.45) is 0 Å². The largest absolute Gasteiger partial charge is 0.293 e. The predicted octanol–water partition coefficient (Wildman–Crippen LogP) is 3.18. The van der Waals surface area contributed by atoms with Gasteiger partial charge in [0.25, 0.3) is 0 Å². The quantitative estimate of drug-likeness (QED) is 0.579. The summed E-state index contributed by atoms with van der Waals surface area (Å²) in [6, 6.07) is 5.62. The van der Waals surface area contributed by atoms with Crippen LogP contribution in [0.2, 0.25) is 0 Å². The van der Waals surface area contributed by atoms with Crippen LogP contribution in [0.15, 0.2) is 22.7 Å². The summed E-state index contributed by atoms with van der Waals surface area (Å²) in [5, 5.41) is 0. The molecule has 0 N–H and O–H groups in total. The van der Waals surface area contributed by atoms with Gasteiger partial charge >= 0.3 is 0 Å². The van der Waals surface area contributed by atoms with E-state index in [1.807, 2.05) is 25.1 Å². The smallest absolute Gasteiger partial charge is 0.178 e. The Morgan fingerprint density at radius 1 is 1.58 bits per heavy atom. The van der Waals surface area contributed by atoms with E-state index < -0.39 is 0 Å². The summed E-state index contributed by atoms with van der Waals surface area (Å²) in [5.74, 6) is -0.0190. The van der Waals surface area contributed by atoms with Crippen molar-refractivity contribution in [2.45, 2.75) is 6.92 Å². The average molecular weight is 248 g/mol. The van der Waals surface area contributed by atoms with E-state index in [2.05, 4.69) is 15.9 Å². The van der Waals surface area contributed by atoms with E-state index in [0.717, 1.165) is 10.0 Å². The Morgan fingerprint density at radius 3 is 2.83 bits per heavy atom. The number of alkyl halides is 1. The molecule has 0 radical (unpaired) electrons. The Hall–Kier alpha value is -0.340. The maximum absolute atomic E-state index is 11.2. The summed E-state index contributed by atoms with van der Waals surface area (Å²) >= 11 is 8.73. The number of carbonyl (C=O) groups excluding carboxylic acids is 1. The summed E-state index contributed by atoms with van der Waals surface area (Å²) in [7, 11) is 0. The molecular weight excluding hydrogens is 239 g/mol. The zero-order chi connectivity index (χ0) is 9.14. The third kappa shape index (κ3) is 2.08. The van der Waals surface area contributed by atoms with Crippen LogP contribution in [0.25, 0.3) is 0 Å². The van der Waals surface area contributed by atoms with Crippen LogP contribution in [0.3, 0.4) is 0 Å². The van der Waals surface area contributed by atoms with Gasteiger partial charge < -0.3 is 0 Å². The molecule has 0 bridgehead atoms. The van der Waals surface area contributed by atoms with Crippen LogP contribution in [0.1, 0.15) is 15.9 Å². The second-order valence-corrected chi connectivity index (χ2v) is 3.66. The first-order valence-electron chi connectivity index (χ1n) is 3.50. The van der Waals surface area contributed by atoms with Crippen LogP contribution < -0.4 is 0 Å². The normalized spacial score (nSPS) is 9.92. The van der Waals surface area contributed by atoms with E-state index >= 15 is 0 Å². The van der Waals surface area contributed by atoms with Crippen LogP contribution in [0, 0.1) is 6.92 Å². The van der Waals surface area contributed by atoms with Gasteiger partial charge in [0.05, 0.1) is 5.88 Å². The number of aryl methyl sites for hydroxylation is 1. The highest BCUT2D eigenvalue weighted by Gasteiger charge is 2.07. The highest BCUT2D eigenvalue weighted by Crippen LogP contribution is 2.18. The van der Waals surface area contributed by atoms with Crippen molar-refractivity contribution in [1.29, 1.82) is 0 Å². The average Bonchev–Trinajstić information content (AvgIpc) is 2.08. The van der Waals surface area contributed by atoms with Gasteiger partial charge in [-0.05, 0) is 19.1 Å². The van der Waals surface area contributed by atoms with Crippen molar-refractivity contribution >= 4 is 33.3 Å². The third-order valence-electron chi connectivity index (χ3n) is 1.54. The molecule has 0 aliphatic rings. The van der Waals surface area contributed by atoms with E-state index in [4.69, 9.17) is 11.6 Å². The highest BCUT2D eigenvalue weighted by molar-refractivity contribution is 9.10. The molecule has 1 nitrogen and oxygen atoms in total. The van der Waals surface area contributed by atoms with Crippen molar-refractivity contribution in [3.8, 4) is 0 Å². The van der Waals surface area contributed by atoms with Crippen LogP contribution >= 0.6 is 27.5 Å². The number of halogens is 2. The van der Waals surface area contributed by atoms with Crippen molar-refractivity contribution in [3.05, 3.63) is 33.8 Å². The van der Waals surface area contributed by atoms with E-state index in [0.29, 0.717) is 5.56 Å². The number of hydrogen-bond acceptors (Lipinski definition) is 1. The Morgan fingerprint density at radius 2 is 2.25 bits per heavy atom. The molecule has 0 aromatic heterocycles. The second-order valence-electron chi connectivity index (χ2n) is 2.54. The molecule has 3 heteroatoms. The third-order valence-corrected chi connectivity index (χ3v) is 2.48. The van der Waals surface area contributed by atoms with Crippen molar-refractivity contribution < 1.29 is 4.79 Å². The van der Waals surface area contributed by atoms with E-state index in [9.17, 15) is 4.79 Å². The summed E-state index contributed by atoms with van der Waals surface area (Å²) in [4.78, 5) is 11.2. The monoisotopic (exact) mass is 246 g/mol. The second kappa shape index (κ2) is 4.06. The Balaban J connectivity index is 3.13. The standard InChI is InChI=1S/C9H8BrClO/c1-6-2-3-8(10)7(4-6)9(12)5-11/h2-4H,5H2,1H3. The van der Waals surface area contributed by atoms with Crippen LogP contribution in [0.4, 0.5) is 0 Å². The molecule has 0 heterocycles. The zero-order valence-corrected chi connectivity index (χ0v) is 8.95. The number of Topliss-reactive ketones (excluding diaryl/α,β-unsaturated/α-hetero) is 1. The number of ketones is 1. The molecule has 0 amide bonds. The number of benzene rings is 1. The number of rotatable bonds is 2. The molecule has 0 saturated heterocycles. The van der Waals surface area contributed by atoms with Gasteiger partial charge in [-0.15, -0.1) is 11.6 Å². The van der Waals surface area contributed by atoms with Crippen molar-refractivity contribution in [2.75, 3.05) is 5.88 Å². The molecule has 64 valence electrons. The summed E-state index contributed by atoms with van der Waals surface area (Å²) < 4.78 is 0.804. The van der Waals surface area contributed by atoms with Crippen molar-refractivity contribution in [1.82, 2.24) is 0 Å². The molecular formula is C9H8BrClO. The van der Waals surface area contributed by atoms with Gasteiger partial charge in [0.2, 0.25) is 0 Å². The molecule has 0 aliphatic carbocycles. The zero-order valence-electron chi connectivity index (χ0n) is 6.60. The lowest BCUT2D eigenvalue weighted by molar-refractivity contribution is 0.102. The predicted molar refractivity (Wildman–Crippen MR) is 53.9 cm³/mol. The van der Waals surface area contributed by atoms with Crippen molar-refractivity contribution in [3.63, 3.8) is 0 Å². The minimum absolute atomic E-state index is 0.0298. The summed E-state index contributed by atoms with van der Waals surface area (Å²) in [6.07, 6.45) is 0. The fraction of sp³-hybridized carbons (Fsp3) is 0.222. The maximum Gasteiger partial charge on any atom is 0.178 e. The van der Waals surface area contributed by atoms with Crippen LogP contribution in [-0.4, -0.2) is 11.7 Å². The van der Waals surface area contributed by atoms with Gasteiger partial charge in [0, 0.05) is 10.0 Å². The minimum Gasteiger partial charge on any atom is -0.293 e. The molecule has 1 aromatic carbocycles. The maximum atomic E-state index is 11.2. The van der Waals surface area contributed by atoms with Gasteiger partial charge in [-0.3, -0.25) is 4.79 Å². The first kappa shape index (κ1) is 9.75. The van der Waals surface area contributed by atoms with Crippen LogP contribution in [-0.2, 0) is 0 Å². The van der Waals surface area contributed by atoms with Gasteiger partial charge in [-0.1, -0.05) is 27.6 Å². The van der Waals surface area contributed by atoms with Gasteiger partial charge in [-0.25, -0.2) is 0 Å². The first-order chi connectivity index (χ1) is 5.65. The lowest BCUT2D eigenvalue weighted by Crippen LogP contribution is -2.01. The Bertz CT molecular complexity index is 309. The molecule has 0 aliphatic heterocycles. The molecule has 0 spiro atoms. The topological polar surface area (TPSA) is 17.1 Å². The SMILES string of the molecule is Cc1ccc(Br)c(C(=O)CCl)c1. The fourth-order valence-corrected chi connectivity index (χ4v) is 1.54.